The summed E-state index contributed by atoms with van der Waals surface area (Å²) in [6.07, 6.45) is 2.68. The summed E-state index contributed by atoms with van der Waals surface area (Å²) in [5.41, 5.74) is 1.37. The van der Waals surface area contributed by atoms with Crippen LogP contribution in [-0.4, -0.2) is 58.8 Å². The molecule has 0 aliphatic carbocycles. The molecule has 0 unspecified atom stereocenters. The smallest absolute Gasteiger partial charge is 0.131 e. The Hall–Kier alpha value is -1.50. The molecule has 6 rings (SSSR count). The standard InChI is InChI=1S/C20H26N4OS/c1-13-21-22-18(26-13)12-24-11-16(15-5-3-4-6-17(15)25-2)20-19(24)14-7-9-23(20)10-8-14/h3-6,14,16,19-20H,7-12H2,1-2H3/t16-,19+,20+/m0/s1. The number of ether oxygens (including phenoxy) is 1. The zero-order valence-corrected chi connectivity index (χ0v) is 16.3. The van der Waals surface area contributed by atoms with Crippen LogP contribution in [0, 0.1) is 12.8 Å². The number of benzene rings is 1. The number of rotatable bonds is 4. The van der Waals surface area contributed by atoms with E-state index in [1.807, 2.05) is 6.92 Å². The van der Waals surface area contributed by atoms with Crippen molar-refractivity contribution in [1.29, 1.82) is 0 Å². The van der Waals surface area contributed by atoms with Crippen LogP contribution in [0.15, 0.2) is 24.3 Å². The highest BCUT2D eigenvalue weighted by Crippen LogP contribution is 2.48. The van der Waals surface area contributed by atoms with E-state index in [2.05, 4.69) is 44.3 Å². The number of aryl methyl sites for hydroxylation is 1. The highest BCUT2D eigenvalue weighted by atomic mass is 32.1. The van der Waals surface area contributed by atoms with Crippen molar-refractivity contribution in [2.75, 3.05) is 26.7 Å². The Morgan fingerprint density at radius 3 is 2.69 bits per heavy atom. The van der Waals surface area contributed by atoms with Gasteiger partial charge in [0.2, 0.25) is 0 Å². The van der Waals surface area contributed by atoms with E-state index in [1.54, 1.807) is 18.4 Å². The summed E-state index contributed by atoms with van der Waals surface area (Å²) in [5.74, 6) is 2.36. The van der Waals surface area contributed by atoms with Crippen LogP contribution in [-0.2, 0) is 6.54 Å². The van der Waals surface area contributed by atoms with Crippen LogP contribution < -0.4 is 4.74 Å². The fourth-order valence-corrected chi connectivity index (χ4v) is 6.28. The molecule has 0 spiro atoms. The van der Waals surface area contributed by atoms with Gasteiger partial charge in [0.15, 0.2) is 0 Å². The predicted octanol–water partition coefficient (Wildman–Crippen LogP) is 2.92. The van der Waals surface area contributed by atoms with Gasteiger partial charge in [0.05, 0.1) is 13.7 Å². The van der Waals surface area contributed by atoms with E-state index in [0.717, 1.165) is 34.8 Å². The Morgan fingerprint density at radius 1 is 1.15 bits per heavy atom. The van der Waals surface area contributed by atoms with Crippen molar-refractivity contribution in [3.8, 4) is 5.75 Å². The Bertz CT molecular complexity index is 786. The van der Waals surface area contributed by atoms with E-state index in [-0.39, 0.29) is 0 Å². The zero-order chi connectivity index (χ0) is 17.7. The van der Waals surface area contributed by atoms with Crippen LogP contribution in [0.3, 0.4) is 0 Å². The number of nitrogens with zero attached hydrogens (tertiary/aromatic N) is 4. The van der Waals surface area contributed by atoms with Gasteiger partial charge in [-0.3, -0.25) is 9.80 Å². The molecule has 4 aliphatic rings. The van der Waals surface area contributed by atoms with Crippen LogP contribution in [0.25, 0.3) is 0 Å². The third-order valence-electron chi connectivity index (χ3n) is 6.54. The molecule has 1 aromatic carbocycles. The molecule has 26 heavy (non-hydrogen) atoms. The second kappa shape index (κ2) is 6.59. The second-order valence-corrected chi connectivity index (χ2v) is 9.11. The minimum atomic E-state index is 0.508. The second-order valence-electron chi connectivity index (χ2n) is 7.85. The van der Waals surface area contributed by atoms with E-state index >= 15 is 0 Å². The van der Waals surface area contributed by atoms with Crippen molar-refractivity contribution in [2.24, 2.45) is 5.92 Å². The Kier molecular flexibility index (Phi) is 4.22. The molecule has 3 atom stereocenters. The Morgan fingerprint density at radius 2 is 1.96 bits per heavy atom. The molecular weight excluding hydrogens is 344 g/mol. The normalized spacial score (nSPS) is 33.4. The number of hydrogen-bond acceptors (Lipinski definition) is 6. The predicted molar refractivity (Wildman–Crippen MR) is 103 cm³/mol. The number of likely N-dealkylation sites (tertiary alicyclic amines) is 1. The maximum atomic E-state index is 5.72. The molecule has 1 aromatic heterocycles. The van der Waals surface area contributed by atoms with Gasteiger partial charge in [-0.15, -0.1) is 21.5 Å². The van der Waals surface area contributed by atoms with Gasteiger partial charge in [-0.1, -0.05) is 18.2 Å². The molecule has 0 amide bonds. The fourth-order valence-electron chi connectivity index (χ4n) is 5.54. The number of methoxy groups -OCH3 is 1. The molecule has 138 valence electrons. The number of para-hydroxylation sites is 1. The fraction of sp³-hybridized carbons (Fsp3) is 0.600. The Balaban J connectivity index is 1.50. The zero-order valence-electron chi connectivity index (χ0n) is 15.5. The SMILES string of the molecule is COc1ccccc1[C@@H]1CN(Cc2nnc(C)s2)[C@@H]2C3CCN(CC3)[C@@H]21. The molecule has 0 radical (unpaired) electrons. The van der Waals surface area contributed by atoms with Gasteiger partial charge in [-0.2, -0.15) is 0 Å². The van der Waals surface area contributed by atoms with Crippen molar-refractivity contribution < 1.29 is 4.74 Å². The Labute approximate surface area is 159 Å². The van der Waals surface area contributed by atoms with Gasteiger partial charge >= 0.3 is 0 Å². The molecule has 4 aliphatic heterocycles. The minimum Gasteiger partial charge on any atom is -0.496 e. The molecule has 2 bridgehead atoms. The summed E-state index contributed by atoms with van der Waals surface area (Å²) in [7, 11) is 1.79. The number of fused-ring (bicyclic) bond motifs is 2. The molecule has 2 aromatic rings. The summed E-state index contributed by atoms with van der Waals surface area (Å²) in [4.78, 5) is 5.44. The molecule has 6 heteroatoms. The first-order chi connectivity index (χ1) is 12.7. The van der Waals surface area contributed by atoms with Crippen molar-refractivity contribution in [2.45, 2.75) is 44.3 Å². The summed E-state index contributed by atoms with van der Waals surface area (Å²) < 4.78 is 5.72. The van der Waals surface area contributed by atoms with Gasteiger partial charge in [0.1, 0.15) is 15.8 Å². The van der Waals surface area contributed by atoms with E-state index in [0.29, 0.717) is 18.0 Å². The molecule has 4 saturated heterocycles. The van der Waals surface area contributed by atoms with E-state index in [9.17, 15) is 0 Å². The lowest BCUT2D eigenvalue weighted by Crippen LogP contribution is -2.60. The van der Waals surface area contributed by atoms with Crippen molar-refractivity contribution >= 4 is 11.3 Å². The molecule has 5 nitrogen and oxygen atoms in total. The van der Waals surface area contributed by atoms with Gasteiger partial charge < -0.3 is 4.74 Å². The lowest BCUT2D eigenvalue weighted by Gasteiger charge is -2.51. The minimum absolute atomic E-state index is 0.508. The summed E-state index contributed by atoms with van der Waals surface area (Å²) in [6, 6.07) is 9.84. The topological polar surface area (TPSA) is 41.5 Å². The summed E-state index contributed by atoms with van der Waals surface area (Å²) in [6.45, 7) is 6.57. The average molecular weight is 371 g/mol. The van der Waals surface area contributed by atoms with Crippen molar-refractivity contribution in [3.05, 3.63) is 39.8 Å². The first-order valence-electron chi connectivity index (χ1n) is 9.64. The first kappa shape index (κ1) is 16.7. The quantitative estimate of drug-likeness (QED) is 0.828. The molecule has 0 N–H and O–H groups in total. The highest BCUT2D eigenvalue weighted by Gasteiger charge is 2.53. The van der Waals surface area contributed by atoms with Crippen LogP contribution >= 0.6 is 11.3 Å². The van der Waals surface area contributed by atoms with Crippen LogP contribution in [0.5, 0.6) is 5.75 Å². The van der Waals surface area contributed by atoms with E-state index < -0.39 is 0 Å². The summed E-state index contributed by atoms with van der Waals surface area (Å²) in [5, 5.41) is 10.8. The van der Waals surface area contributed by atoms with Gasteiger partial charge in [-0.05, 0) is 44.8 Å². The van der Waals surface area contributed by atoms with Crippen LogP contribution in [0.2, 0.25) is 0 Å². The number of piperidine rings is 3. The number of aromatic nitrogens is 2. The lowest BCUT2D eigenvalue weighted by molar-refractivity contribution is -0.00884. The van der Waals surface area contributed by atoms with Gasteiger partial charge in [-0.25, -0.2) is 0 Å². The summed E-state index contributed by atoms with van der Waals surface area (Å²) >= 11 is 1.74. The molecular formula is C20H26N4OS. The van der Waals surface area contributed by atoms with Crippen LogP contribution in [0.1, 0.15) is 34.3 Å². The average Bonchev–Trinajstić information content (AvgIpc) is 3.28. The monoisotopic (exact) mass is 370 g/mol. The van der Waals surface area contributed by atoms with Crippen LogP contribution in [0.4, 0.5) is 0 Å². The third kappa shape index (κ3) is 2.66. The number of hydrogen-bond donors (Lipinski definition) is 0. The van der Waals surface area contributed by atoms with E-state index in [4.69, 9.17) is 4.74 Å². The molecule has 0 saturated carbocycles. The molecule has 4 fully saturated rings. The lowest BCUT2D eigenvalue weighted by atomic mass is 9.75. The van der Waals surface area contributed by atoms with Gasteiger partial charge in [0, 0.05) is 30.1 Å². The maximum absolute atomic E-state index is 5.72. The van der Waals surface area contributed by atoms with Crippen molar-refractivity contribution in [3.63, 3.8) is 0 Å². The first-order valence-corrected chi connectivity index (χ1v) is 10.5. The largest absolute Gasteiger partial charge is 0.496 e. The third-order valence-corrected chi connectivity index (χ3v) is 7.36. The van der Waals surface area contributed by atoms with Gasteiger partial charge in [0.25, 0.3) is 0 Å². The van der Waals surface area contributed by atoms with E-state index in [1.165, 1.54) is 31.5 Å². The molecule has 5 heterocycles. The van der Waals surface area contributed by atoms with Crippen molar-refractivity contribution in [1.82, 2.24) is 20.0 Å². The maximum Gasteiger partial charge on any atom is 0.131 e. The highest BCUT2D eigenvalue weighted by molar-refractivity contribution is 7.11.